The third-order valence-electron chi connectivity index (χ3n) is 11.6. The van der Waals surface area contributed by atoms with Gasteiger partial charge >= 0.3 is 0 Å². The van der Waals surface area contributed by atoms with Crippen molar-refractivity contribution in [3.63, 3.8) is 0 Å². The normalized spacial score (nSPS) is 11.5. The number of nitrogens with zero attached hydrogens (tertiary/aromatic N) is 2. The van der Waals surface area contributed by atoms with Gasteiger partial charge in [0, 0.05) is 33.5 Å². The quantitative estimate of drug-likeness (QED) is 0.105. The summed E-state index contributed by atoms with van der Waals surface area (Å²) in [6, 6.07) is 86.9. The molecule has 10 aromatic rings. The molecule has 0 N–H and O–H groups in total. The van der Waals surface area contributed by atoms with Crippen LogP contribution in [0, 0.1) is 6.92 Å². The topological polar surface area (TPSA) is 8.17 Å². The Hall–Kier alpha value is -7.20. The Morgan fingerprint density at radius 1 is 0.345 bits per heavy atom. The second-order valence-electron chi connectivity index (χ2n) is 15.0. The number of fused-ring (bicyclic) bond motifs is 3. The van der Waals surface area contributed by atoms with Crippen molar-refractivity contribution in [2.45, 2.75) is 6.92 Å². The zero-order chi connectivity index (χ0) is 38.9. The summed E-state index contributed by atoms with van der Waals surface area (Å²) in [4.78, 5) is 2.37. The van der Waals surface area contributed by atoms with E-state index in [-0.39, 0.29) is 0 Å². The first-order chi connectivity index (χ1) is 28.7. The maximum Gasteiger partial charge on any atom is 0.179 e. The lowest BCUT2D eigenvalue weighted by Gasteiger charge is -2.34. The molecular formula is C55H42N2Si. The Labute approximate surface area is 341 Å². The van der Waals surface area contributed by atoms with Gasteiger partial charge in [-0.1, -0.05) is 181 Å². The number of para-hydroxylation sites is 2. The molecule has 0 radical (unpaired) electrons. The van der Waals surface area contributed by atoms with Gasteiger partial charge in [-0.15, -0.1) is 0 Å². The third-order valence-corrected chi connectivity index (χ3v) is 16.4. The van der Waals surface area contributed by atoms with Crippen LogP contribution in [0.5, 0.6) is 0 Å². The van der Waals surface area contributed by atoms with Crippen LogP contribution in [0.3, 0.4) is 0 Å². The van der Waals surface area contributed by atoms with Gasteiger partial charge in [0.25, 0.3) is 0 Å². The van der Waals surface area contributed by atoms with Crippen LogP contribution in [0.25, 0.3) is 38.6 Å². The summed E-state index contributed by atoms with van der Waals surface area (Å²) in [6.45, 7) is 2.14. The summed E-state index contributed by atoms with van der Waals surface area (Å²) in [6.07, 6.45) is 0. The minimum atomic E-state index is -2.59. The molecule has 0 saturated carbocycles. The summed E-state index contributed by atoms with van der Waals surface area (Å²) in [5, 5.41) is 7.97. The van der Waals surface area contributed by atoms with Gasteiger partial charge in [0.1, 0.15) is 0 Å². The van der Waals surface area contributed by atoms with E-state index in [9.17, 15) is 0 Å². The molecule has 2 nitrogen and oxygen atoms in total. The van der Waals surface area contributed by atoms with Crippen molar-refractivity contribution >= 4 is 67.7 Å². The Morgan fingerprint density at radius 2 is 0.759 bits per heavy atom. The second-order valence-corrected chi connectivity index (χ2v) is 18.8. The van der Waals surface area contributed by atoms with Crippen LogP contribution in [0.1, 0.15) is 5.56 Å². The van der Waals surface area contributed by atoms with Gasteiger partial charge in [0.2, 0.25) is 0 Å². The summed E-state index contributed by atoms with van der Waals surface area (Å²) in [5.41, 5.74) is 10.5. The van der Waals surface area contributed by atoms with Crippen molar-refractivity contribution in [1.29, 1.82) is 0 Å². The molecule has 0 amide bonds. The zero-order valence-electron chi connectivity index (χ0n) is 32.4. The van der Waals surface area contributed by atoms with E-state index in [2.05, 4.69) is 253 Å². The van der Waals surface area contributed by atoms with Gasteiger partial charge in [-0.25, -0.2) is 0 Å². The lowest BCUT2D eigenvalue weighted by molar-refractivity contribution is 1.18. The number of aryl methyl sites for hydroxylation is 1. The molecule has 0 atom stereocenters. The Bertz CT molecular complexity index is 2860. The van der Waals surface area contributed by atoms with Crippen LogP contribution in [-0.2, 0) is 0 Å². The van der Waals surface area contributed by atoms with E-state index in [0.717, 1.165) is 22.7 Å². The number of hydrogen-bond donors (Lipinski definition) is 0. The third kappa shape index (κ3) is 6.14. The average molecular weight is 759 g/mol. The van der Waals surface area contributed by atoms with E-state index >= 15 is 0 Å². The van der Waals surface area contributed by atoms with E-state index < -0.39 is 8.07 Å². The van der Waals surface area contributed by atoms with Crippen LogP contribution in [0.4, 0.5) is 17.1 Å². The molecule has 0 saturated heterocycles. The number of benzene rings is 9. The molecule has 0 unspecified atom stereocenters. The number of aromatic nitrogens is 1. The minimum Gasteiger partial charge on any atom is -0.310 e. The zero-order valence-corrected chi connectivity index (χ0v) is 33.4. The highest BCUT2D eigenvalue weighted by Gasteiger charge is 2.41. The number of hydrogen-bond acceptors (Lipinski definition) is 1. The molecule has 9 aromatic carbocycles. The fourth-order valence-electron chi connectivity index (χ4n) is 8.88. The summed E-state index contributed by atoms with van der Waals surface area (Å²) >= 11 is 0. The van der Waals surface area contributed by atoms with Gasteiger partial charge in [0.05, 0.1) is 11.0 Å². The van der Waals surface area contributed by atoms with Crippen LogP contribution >= 0.6 is 0 Å². The molecule has 0 aliphatic carbocycles. The molecular weight excluding hydrogens is 717 g/mol. The monoisotopic (exact) mass is 758 g/mol. The van der Waals surface area contributed by atoms with E-state index in [1.807, 2.05) is 0 Å². The molecule has 0 spiro atoms. The van der Waals surface area contributed by atoms with Gasteiger partial charge < -0.3 is 9.47 Å². The molecule has 0 aliphatic heterocycles. The average Bonchev–Trinajstić information content (AvgIpc) is 3.63. The first kappa shape index (κ1) is 35.2. The maximum absolute atomic E-state index is 2.59. The van der Waals surface area contributed by atoms with Crippen LogP contribution in [0.15, 0.2) is 237 Å². The maximum atomic E-state index is 2.38. The SMILES string of the molecule is Cc1ccc(N(c2ccc(-c3ccc([Si](c4ccccc4)(c4ccccc4)c4ccccc4)cc3)cc2)c2ccc3c(c2)c2ccccc2n3-c2ccccc2)cc1. The molecule has 3 heteroatoms. The summed E-state index contributed by atoms with van der Waals surface area (Å²) < 4.78 is 2.37. The van der Waals surface area contributed by atoms with Gasteiger partial charge in [0.15, 0.2) is 8.07 Å². The Morgan fingerprint density at radius 3 is 1.31 bits per heavy atom. The summed E-state index contributed by atoms with van der Waals surface area (Å²) in [5.74, 6) is 0. The standard InChI is InChI=1S/C55H42N2Si/c1-41-26-32-45(33-27-41)56(47-36-39-55-53(40-47)52-24-14-15-25-54(52)57(55)44-16-6-2-7-17-44)46-34-28-42(29-35-46)43-30-37-51(38-31-43)58(48-18-8-3-9-19-48,49-20-10-4-11-21-49)50-22-12-5-13-23-50/h2-40H,1H3. The first-order valence-electron chi connectivity index (χ1n) is 20.0. The molecule has 0 aliphatic rings. The highest BCUT2D eigenvalue weighted by atomic mass is 28.3. The van der Waals surface area contributed by atoms with Crippen molar-refractivity contribution in [3.8, 4) is 16.8 Å². The molecule has 0 fully saturated rings. The van der Waals surface area contributed by atoms with E-state index in [4.69, 9.17) is 0 Å². The smallest absolute Gasteiger partial charge is 0.179 e. The molecule has 0 bridgehead atoms. The van der Waals surface area contributed by atoms with Crippen LogP contribution < -0.4 is 25.6 Å². The molecule has 1 aromatic heterocycles. The van der Waals surface area contributed by atoms with Crippen molar-refractivity contribution in [1.82, 2.24) is 4.57 Å². The number of anilines is 3. The molecule has 276 valence electrons. The second kappa shape index (κ2) is 15.0. The highest BCUT2D eigenvalue weighted by Crippen LogP contribution is 2.40. The van der Waals surface area contributed by atoms with Crippen molar-refractivity contribution in [2.75, 3.05) is 4.90 Å². The fourth-order valence-corrected chi connectivity index (χ4v) is 13.6. The lowest BCUT2D eigenvalue weighted by atomic mass is 10.0. The minimum absolute atomic E-state index is 1.11. The molecule has 1 heterocycles. The molecule has 10 rings (SSSR count). The van der Waals surface area contributed by atoms with Crippen molar-refractivity contribution in [3.05, 3.63) is 242 Å². The largest absolute Gasteiger partial charge is 0.310 e. The van der Waals surface area contributed by atoms with E-state index in [0.29, 0.717) is 0 Å². The number of rotatable bonds is 9. The van der Waals surface area contributed by atoms with Gasteiger partial charge in [-0.05, 0) is 99.5 Å². The lowest BCUT2D eigenvalue weighted by Crippen LogP contribution is -2.74. The Balaban J connectivity index is 1.05. The van der Waals surface area contributed by atoms with Gasteiger partial charge in [-0.3, -0.25) is 0 Å². The van der Waals surface area contributed by atoms with Crippen molar-refractivity contribution < 1.29 is 0 Å². The predicted molar refractivity (Wildman–Crippen MR) is 249 cm³/mol. The first-order valence-corrected chi connectivity index (χ1v) is 22.0. The van der Waals surface area contributed by atoms with E-state index in [1.54, 1.807) is 0 Å². The summed E-state index contributed by atoms with van der Waals surface area (Å²) in [7, 11) is -2.59. The predicted octanol–water partition coefficient (Wildman–Crippen LogP) is 11.6. The Kier molecular flexibility index (Phi) is 9.13. The van der Waals surface area contributed by atoms with Crippen LogP contribution in [-0.4, -0.2) is 12.6 Å². The fraction of sp³-hybridized carbons (Fsp3) is 0.0182. The van der Waals surface area contributed by atoms with Crippen molar-refractivity contribution in [2.24, 2.45) is 0 Å². The van der Waals surface area contributed by atoms with Gasteiger partial charge in [-0.2, -0.15) is 0 Å². The molecule has 58 heavy (non-hydrogen) atoms. The highest BCUT2D eigenvalue weighted by molar-refractivity contribution is 7.19. The van der Waals surface area contributed by atoms with Crippen LogP contribution in [0.2, 0.25) is 0 Å². The van der Waals surface area contributed by atoms with E-state index in [1.165, 1.54) is 59.2 Å².